The van der Waals surface area contributed by atoms with E-state index in [0.29, 0.717) is 0 Å². The highest BCUT2D eigenvalue weighted by atomic mass is 16.5. The Balaban J connectivity index is -0.0000000785. The summed E-state index contributed by atoms with van der Waals surface area (Å²) < 4.78 is 4.94. The summed E-state index contributed by atoms with van der Waals surface area (Å²) in [6, 6.07) is 0. The van der Waals surface area contributed by atoms with Crippen molar-refractivity contribution in [2.24, 2.45) is 0 Å². The Labute approximate surface area is 113 Å². The van der Waals surface area contributed by atoms with Gasteiger partial charge in [-0.2, -0.15) is 0 Å². The fourth-order valence-electron chi connectivity index (χ4n) is 0.510. The van der Waals surface area contributed by atoms with Crippen molar-refractivity contribution in [2.45, 2.75) is 12.8 Å². The van der Waals surface area contributed by atoms with Crippen LogP contribution in [0.1, 0.15) is 12.8 Å². The predicted molar refractivity (Wildman–Crippen MR) is 72.0 cm³/mol. The van der Waals surface area contributed by atoms with Crippen molar-refractivity contribution in [2.75, 3.05) is 27.4 Å². The highest BCUT2D eigenvalue weighted by Crippen LogP contribution is 1.98. The third-order valence-corrected chi connectivity index (χ3v) is 1.18. The topological polar surface area (TPSA) is 124 Å². The second kappa shape index (κ2) is 29.9. The molecule has 7 nitrogen and oxygen atoms in total. The highest BCUT2D eigenvalue weighted by molar-refractivity contribution is 5.79. The number of carboxylic acids is 2. The molecule has 1 heterocycles. The number of hydrogen-bond donors (Lipinski definition) is 4. The third kappa shape index (κ3) is 62.5. The van der Waals surface area contributed by atoms with Gasteiger partial charge in [0.15, 0.2) is 0 Å². The van der Waals surface area contributed by atoms with Crippen molar-refractivity contribution in [3.63, 3.8) is 0 Å². The summed E-state index contributed by atoms with van der Waals surface area (Å²) in [5, 5.41) is 29.2. The molecule has 0 aliphatic carbocycles. The van der Waals surface area contributed by atoms with E-state index in [0.717, 1.165) is 39.6 Å². The van der Waals surface area contributed by atoms with Gasteiger partial charge in [0.25, 0.3) is 0 Å². The summed E-state index contributed by atoms with van der Waals surface area (Å²) >= 11 is 0. The van der Waals surface area contributed by atoms with Gasteiger partial charge in [-0.1, -0.05) is 13.2 Å². The molecule has 0 amide bonds. The lowest BCUT2D eigenvalue weighted by molar-refractivity contribution is -0.132. The van der Waals surface area contributed by atoms with E-state index in [1.54, 1.807) is 0 Å². The fraction of sp³-hybridized carbons (Fsp3) is 0.500. The maximum Gasteiger partial charge on any atom is 0.327 e. The lowest BCUT2D eigenvalue weighted by Crippen LogP contribution is -1.82. The summed E-state index contributed by atoms with van der Waals surface area (Å²) in [4.78, 5) is 18.5. The lowest BCUT2D eigenvalue weighted by atomic mass is 10.4. The van der Waals surface area contributed by atoms with Crippen LogP contribution in [0, 0.1) is 0 Å². The van der Waals surface area contributed by atoms with Crippen LogP contribution in [-0.2, 0) is 14.3 Å². The molecule has 1 rings (SSSR count). The molecule has 0 aromatic rings. The van der Waals surface area contributed by atoms with Crippen molar-refractivity contribution in [1.29, 1.82) is 0 Å². The second-order valence-electron chi connectivity index (χ2n) is 2.40. The quantitative estimate of drug-likeness (QED) is 0.544. The monoisotopic (exact) mass is 280 g/mol. The van der Waals surface area contributed by atoms with Gasteiger partial charge in [-0.15, -0.1) is 0 Å². The Bertz CT molecular complexity index is 185. The Morgan fingerprint density at radius 2 is 1.11 bits per heavy atom. The van der Waals surface area contributed by atoms with E-state index >= 15 is 0 Å². The molecule has 7 heteroatoms. The van der Waals surface area contributed by atoms with Crippen molar-refractivity contribution in [3.8, 4) is 0 Å². The average Bonchev–Trinajstić information content (AvgIpc) is 3.03. The molecular formula is C12H24O7. The zero-order chi connectivity index (χ0) is 16.1. The van der Waals surface area contributed by atoms with Crippen LogP contribution in [0.15, 0.2) is 25.3 Å². The SMILES string of the molecule is C1CCOC1.C=CC(=O)O.C=CC(=O)O.CO.CO. The first kappa shape index (κ1) is 26.0. The number of carboxylic acid groups (broad SMARTS) is 2. The minimum Gasteiger partial charge on any atom is -0.478 e. The van der Waals surface area contributed by atoms with Crippen molar-refractivity contribution >= 4 is 11.9 Å². The average molecular weight is 280 g/mol. The largest absolute Gasteiger partial charge is 0.478 e. The van der Waals surface area contributed by atoms with Gasteiger partial charge in [-0.3, -0.25) is 0 Å². The standard InChI is InChI=1S/C4H8O.2C3H4O2.2CH4O/c1-2-4-5-3-1;2*1-2-3(4)5;2*1-2/h1-4H2;2*2H,1H2,(H,4,5);2*2H,1H3. The lowest BCUT2D eigenvalue weighted by Gasteiger charge is -1.76. The van der Waals surface area contributed by atoms with E-state index in [4.69, 9.17) is 25.2 Å². The highest BCUT2D eigenvalue weighted by Gasteiger charge is 1.94. The van der Waals surface area contributed by atoms with Gasteiger partial charge in [0.2, 0.25) is 0 Å². The van der Waals surface area contributed by atoms with Crippen LogP contribution < -0.4 is 0 Å². The van der Waals surface area contributed by atoms with Crippen LogP contribution in [0.2, 0.25) is 0 Å². The van der Waals surface area contributed by atoms with Gasteiger partial charge < -0.3 is 25.2 Å². The van der Waals surface area contributed by atoms with Crippen molar-refractivity contribution in [3.05, 3.63) is 25.3 Å². The van der Waals surface area contributed by atoms with Crippen LogP contribution >= 0.6 is 0 Å². The molecule has 0 unspecified atom stereocenters. The maximum absolute atomic E-state index is 9.25. The molecule has 1 aliphatic rings. The number of aliphatic carboxylic acids is 2. The summed E-state index contributed by atoms with van der Waals surface area (Å²) in [7, 11) is 2.00. The fourth-order valence-corrected chi connectivity index (χ4v) is 0.510. The molecule has 0 saturated carbocycles. The third-order valence-electron chi connectivity index (χ3n) is 1.18. The number of rotatable bonds is 2. The van der Waals surface area contributed by atoms with E-state index in [-0.39, 0.29) is 0 Å². The minimum atomic E-state index is -0.981. The molecule has 1 saturated heterocycles. The van der Waals surface area contributed by atoms with E-state index in [1.165, 1.54) is 12.8 Å². The Hall–Kier alpha value is -1.70. The van der Waals surface area contributed by atoms with Gasteiger partial charge >= 0.3 is 11.9 Å². The molecule has 19 heavy (non-hydrogen) atoms. The second-order valence-corrected chi connectivity index (χ2v) is 2.40. The summed E-state index contributed by atoms with van der Waals surface area (Å²) in [5.41, 5.74) is 0. The number of aliphatic hydroxyl groups excluding tert-OH is 2. The molecule has 1 fully saturated rings. The van der Waals surface area contributed by atoms with E-state index in [9.17, 15) is 9.59 Å². The number of ether oxygens (including phenoxy) is 1. The minimum absolute atomic E-state index is 0.833. The van der Waals surface area contributed by atoms with Crippen LogP contribution in [0.25, 0.3) is 0 Å². The first-order valence-electron chi connectivity index (χ1n) is 5.22. The first-order chi connectivity index (χ1) is 9.04. The zero-order valence-electron chi connectivity index (χ0n) is 11.4. The van der Waals surface area contributed by atoms with Gasteiger partial charge in [0, 0.05) is 39.6 Å². The van der Waals surface area contributed by atoms with Crippen molar-refractivity contribution in [1.82, 2.24) is 0 Å². The summed E-state index contributed by atoms with van der Waals surface area (Å²) in [5.74, 6) is -1.96. The molecule has 0 aromatic heterocycles. The molecule has 0 atom stereocenters. The molecule has 1 aliphatic heterocycles. The zero-order valence-corrected chi connectivity index (χ0v) is 11.4. The molecule has 0 bridgehead atoms. The molecule has 0 aromatic carbocycles. The molecular weight excluding hydrogens is 256 g/mol. The Morgan fingerprint density at radius 1 is 0.895 bits per heavy atom. The summed E-state index contributed by atoms with van der Waals surface area (Å²) in [6.45, 7) is 7.92. The van der Waals surface area contributed by atoms with E-state index in [1.807, 2.05) is 0 Å². The normalized spacial score (nSPS) is 10.3. The molecule has 4 N–H and O–H groups in total. The summed E-state index contributed by atoms with van der Waals surface area (Å²) in [6.07, 6.45) is 4.22. The molecule has 0 radical (unpaired) electrons. The van der Waals surface area contributed by atoms with Gasteiger partial charge in [0.05, 0.1) is 0 Å². The molecule has 114 valence electrons. The van der Waals surface area contributed by atoms with Crippen LogP contribution in [0.3, 0.4) is 0 Å². The van der Waals surface area contributed by atoms with E-state index < -0.39 is 11.9 Å². The number of carbonyl (C=O) groups is 2. The van der Waals surface area contributed by atoms with Gasteiger partial charge in [-0.25, -0.2) is 9.59 Å². The van der Waals surface area contributed by atoms with Crippen LogP contribution in [0.5, 0.6) is 0 Å². The van der Waals surface area contributed by atoms with Crippen LogP contribution in [0.4, 0.5) is 0 Å². The first-order valence-corrected chi connectivity index (χ1v) is 5.22. The van der Waals surface area contributed by atoms with E-state index in [2.05, 4.69) is 13.2 Å². The van der Waals surface area contributed by atoms with Gasteiger partial charge in [-0.05, 0) is 12.8 Å². The smallest absolute Gasteiger partial charge is 0.327 e. The Kier molecular flexibility index (Phi) is 40.9. The van der Waals surface area contributed by atoms with Crippen LogP contribution in [-0.4, -0.2) is 59.8 Å². The Morgan fingerprint density at radius 3 is 1.16 bits per heavy atom. The number of hydrogen-bond acceptors (Lipinski definition) is 5. The van der Waals surface area contributed by atoms with Gasteiger partial charge in [0.1, 0.15) is 0 Å². The van der Waals surface area contributed by atoms with Crippen molar-refractivity contribution < 1.29 is 34.8 Å². The molecule has 0 spiro atoms. The maximum atomic E-state index is 9.25. The number of aliphatic hydroxyl groups is 2. The predicted octanol–water partition coefficient (Wildman–Crippen LogP) is 0.528.